The van der Waals surface area contributed by atoms with Crippen molar-refractivity contribution in [3.8, 4) is 0 Å². The number of thiophene rings is 1. The van der Waals surface area contributed by atoms with E-state index in [1.54, 1.807) is 18.4 Å². The summed E-state index contributed by atoms with van der Waals surface area (Å²) in [5.74, 6) is -0.0688. The fourth-order valence-corrected chi connectivity index (χ4v) is 1.61. The van der Waals surface area contributed by atoms with Crippen LogP contribution in [0.2, 0.25) is 0 Å². The van der Waals surface area contributed by atoms with Gasteiger partial charge in [0.15, 0.2) is 0 Å². The average Bonchev–Trinajstić information content (AvgIpc) is 2.66. The van der Waals surface area contributed by atoms with Crippen molar-refractivity contribution in [2.45, 2.75) is 12.5 Å². The molecule has 0 saturated carbocycles. The number of ether oxygens (including phenoxy) is 1. The summed E-state index contributed by atoms with van der Waals surface area (Å²) in [4.78, 5) is 11.4. The van der Waals surface area contributed by atoms with Crippen LogP contribution in [0.4, 0.5) is 5.69 Å². The average molecular weight is 214 g/mol. The maximum Gasteiger partial charge on any atom is 0.227 e. The zero-order chi connectivity index (χ0) is 10.4. The topological polar surface area (TPSA) is 64.3 Å². The van der Waals surface area contributed by atoms with Crippen LogP contribution in [0.15, 0.2) is 16.8 Å². The summed E-state index contributed by atoms with van der Waals surface area (Å²) < 4.78 is 5.01. The van der Waals surface area contributed by atoms with E-state index in [0.717, 1.165) is 5.69 Å². The van der Waals surface area contributed by atoms with E-state index < -0.39 is 0 Å². The lowest BCUT2D eigenvalue weighted by molar-refractivity contribution is -0.118. The second kappa shape index (κ2) is 5.74. The molecule has 0 aliphatic carbocycles. The minimum absolute atomic E-state index is 0.0688. The molecule has 14 heavy (non-hydrogen) atoms. The number of methoxy groups -OCH3 is 1. The summed E-state index contributed by atoms with van der Waals surface area (Å²) in [7, 11) is 1.55. The molecular weight excluding hydrogens is 200 g/mol. The Bertz CT molecular complexity index is 270. The van der Waals surface area contributed by atoms with E-state index in [1.807, 2.05) is 16.8 Å². The normalized spacial score (nSPS) is 12.4. The van der Waals surface area contributed by atoms with Gasteiger partial charge in [0.1, 0.15) is 0 Å². The molecule has 5 heteroatoms. The van der Waals surface area contributed by atoms with Gasteiger partial charge in [0, 0.05) is 19.0 Å². The van der Waals surface area contributed by atoms with E-state index in [0.29, 0.717) is 13.0 Å². The molecule has 1 heterocycles. The molecule has 78 valence electrons. The van der Waals surface area contributed by atoms with Crippen LogP contribution in [-0.4, -0.2) is 25.7 Å². The molecule has 0 radical (unpaired) electrons. The molecule has 0 aliphatic heterocycles. The second-order valence-corrected chi connectivity index (χ2v) is 3.64. The van der Waals surface area contributed by atoms with E-state index in [4.69, 9.17) is 10.5 Å². The second-order valence-electron chi connectivity index (χ2n) is 2.86. The molecule has 0 bridgehead atoms. The Kier molecular flexibility index (Phi) is 4.58. The SMILES string of the molecule is COC(CN)CC(=O)Nc1ccsc1. The van der Waals surface area contributed by atoms with Crippen molar-refractivity contribution in [2.24, 2.45) is 5.73 Å². The minimum Gasteiger partial charge on any atom is -0.380 e. The van der Waals surface area contributed by atoms with Crippen molar-refractivity contribution >= 4 is 22.9 Å². The van der Waals surface area contributed by atoms with Crippen LogP contribution >= 0.6 is 11.3 Å². The van der Waals surface area contributed by atoms with Gasteiger partial charge >= 0.3 is 0 Å². The molecule has 1 amide bonds. The number of nitrogens with two attached hydrogens (primary N) is 1. The van der Waals surface area contributed by atoms with Gasteiger partial charge in [-0.3, -0.25) is 4.79 Å². The number of carbonyl (C=O) groups excluding carboxylic acids is 1. The van der Waals surface area contributed by atoms with Gasteiger partial charge in [0.05, 0.1) is 18.2 Å². The number of nitrogens with one attached hydrogen (secondary N) is 1. The lowest BCUT2D eigenvalue weighted by Gasteiger charge is -2.11. The summed E-state index contributed by atoms with van der Waals surface area (Å²) >= 11 is 1.54. The van der Waals surface area contributed by atoms with E-state index in [1.165, 1.54) is 0 Å². The summed E-state index contributed by atoms with van der Waals surface area (Å²) in [6, 6.07) is 1.85. The first-order valence-electron chi connectivity index (χ1n) is 4.31. The largest absolute Gasteiger partial charge is 0.380 e. The van der Waals surface area contributed by atoms with Crippen LogP contribution in [0.25, 0.3) is 0 Å². The number of amides is 1. The van der Waals surface area contributed by atoms with Crippen LogP contribution in [-0.2, 0) is 9.53 Å². The van der Waals surface area contributed by atoms with Gasteiger partial charge in [-0.1, -0.05) is 0 Å². The number of carbonyl (C=O) groups is 1. The van der Waals surface area contributed by atoms with Crippen LogP contribution in [0.1, 0.15) is 6.42 Å². The van der Waals surface area contributed by atoms with Crippen molar-refractivity contribution in [3.05, 3.63) is 16.8 Å². The highest BCUT2D eigenvalue weighted by Gasteiger charge is 2.11. The Balaban J connectivity index is 2.35. The van der Waals surface area contributed by atoms with E-state index in [-0.39, 0.29) is 12.0 Å². The third kappa shape index (κ3) is 3.45. The standard InChI is InChI=1S/C9H14N2O2S/c1-13-8(5-10)4-9(12)11-7-2-3-14-6-7/h2-3,6,8H,4-5,10H2,1H3,(H,11,12). The monoisotopic (exact) mass is 214 g/mol. The van der Waals surface area contributed by atoms with Gasteiger partial charge in [0.25, 0.3) is 0 Å². The predicted octanol–water partition coefficient (Wildman–Crippen LogP) is 1.05. The maximum atomic E-state index is 11.4. The first-order valence-corrected chi connectivity index (χ1v) is 5.25. The summed E-state index contributed by atoms with van der Waals surface area (Å²) in [6.07, 6.45) is 0.0942. The van der Waals surface area contributed by atoms with Crippen molar-refractivity contribution in [1.82, 2.24) is 0 Å². The summed E-state index contributed by atoms with van der Waals surface area (Å²) in [6.45, 7) is 0.355. The zero-order valence-electron chi connectivity index (χ0n) is 8.03. The molecule has 0 fully saturated rings. The van der Waals surface area contributed by atoms with E-state index in [9.17, 15) is 4.79 Å². The van der Waals surface area contributed by atoms with Crippen LogP contribution in [0, 0.1) is 0 Å². The molecule has 1 aromatic rings. The number of anilines is 1. The van der Waals surface area contributed by atoms with Crippen molar-refractivity contribution in [1.29, 1.82) is 0 Å². The van der Waals surface area contributed by atoms with Crippen molar-refractivity contribution in [3.63, 3.8) is 0 Å². The predicted molar refractivity (Wildman–Crippen MR) is 57.4 cm³/mol. The summed E-state index contributed by atoms with van der Waals surface area (Å²) in [5.41, 5.74) is 6.23. The number of hydrogen-bond acceptors (Lipinski definition) is 4. The minimum atomic E-state index is -0.200. The number of hydrogen-bond donors (Lipinski definition) is 2. The van der Waals surface area contributed by atoms with Gasteiger partial charge in [-0.05, 0) is 11.4 Å². The first kappa shape index (κ1) is 11.2. The van der Waals surface area contributed by atoms with Crippen LogP contribution < -0.4 is 11.1 Å². The zero-order valence-corrected chi connectivity index (χ0v) is 8.84. The van der Waals surface area contributed by atoms with Gasteiger partial charge in [-0.15, -0.1) is 0 Å². The highest BCUT2D eigenvalue weighted by molar-refractivity contribution is 7.08. The Labute approximate surface area is 87.1 Å². The van der Waals surface area contributed by atoms with E-state index >= 15 is 0 Å². The van der Waals surface area contributed by atoms with Gasteiger partial charge in [-0.25, -0.2) is 0 Å². The molecule has 0 spiro atoms. The van der Waals surface area contributed by atoms with Gasteiger partial charge < -0.3 is 15.8 Å². The Morgan fingerprint density at radius 1 is 1.79 bits per heavy atom. The molecule has 4 nitrogen and oxygen atoms in total. The molecule has 1 rings (SSSR count). The molecule has 1 atom stereocenters. The molecule has 0 saturated heterocycles. The van der Waals surface area contributed by atoms with Crippen LogP contribution in [0.5, 0.6) is 0 Å². The Hall–Kier alpha value is -0.910. The lowest BCUT2D eigenvalue weighted by Crippen LogP contribution is -2.28. The molecule has 1 unspecified atom stereocenters. The molecular formula is C9H14N2O2S. The summed E-state index contributed by atoms with van der Waals surface area (Å²) in [5, 5.41) is 6.54. The van der Waals surface area contributed by atoms with Crippen molar-refractivity contribution in [2.75, 3.05) is 19.0 Å². The lowest BCUT2D eigenvalue weighted by atomic mass is 10.2. The third-order valence-electron chi connectivity index (χ3n) is 1.81. The third-order valence-corrected chi connectivity index (χ3v) is 2.50. The van der Waals surface area contributed by atoms with Crippen LogP contribution in [0.3, 0.4) is 0 Å². The Morgan fingerprint density at radius 3 is 3.07 bits per heavy atom. The molecule has 0 aliphatic rings. The van der Waals surface area contributed by atoms with Crippen molar-refractivity contribution < 1.29 is 9.53 Å². The molecule has 3 N–H and O–H groups in total. The fourth-order valence-electron chi connectivity index (χ4n) is 1.02. The smallest absolute Gasteiger partial charge is 0.227 e. The van der Waals surface area contributed by atoms with Gasteiger partial charge in [0.2, 0.25) is 5.91 Å². The maximum absolute atomic E-state index is 11.4. The fraction of sp³-hybridized carbons (Fsp3) is 0.444. The van der Waals surface area contributed by atoms with Gasteiger partial charge in [-0.2, -0.15) is 11.3 Å². The molecule has 1 aromatic heterocycles. The van der Waals surface area contributed by atoms with E-state index in [2.05, 4.69) is 5.32 Å². The quantitative estimate of drug-likeness (QED) is 0.770. The molecule has 0 aromatic carbocycles. The Morgan fingerprint density at radius 2 is 2.57 bits per heavy atom. The number of rotatable bonds is 5. The highest BCUT2D eigenvalue weighted by Crippen LogP contribution is 2.12. The highest BCUT2D eigenvalue weighted by atomic mass is 32.1. The first-order chi connectivity index (χ1) is 6.76.